The molecule has 31 heavy (non-hydrogen) atoms. The number of phenolic OH excluding ortho intramolecular Hbond substituents is 3. The Hall–Kier alpha value is -3.45. The molecule has 7 heteroatoms. The molecule has 1 aliphatic heterocycles. The van der Waals surface area contributed by atoms with E-state index in [2.05, 4.69) is 0 Å². The number of ether oxygens (including phenoxy) is 1. The summed E-state index contributed by atoms with van der Waals surface area (Å²) in [5.74, 6) is -0.300. The molecular formula is C24H24O7. The summed E-state index contributed by atoms with van der Waals surface area (Å²) in [5, 5.41) is 41.9. The smallest absolute Gasteiger partial charge is 0.204 e. The Morgan fingerprint density at radius 1 is 1.13 bits per heavy atom. The Balaban J connectivity index is 1.92. The molecule has 1 unspecified atom stereocenters. The maximum atomic E-state index is 13.3. The van der Waals surface area contributed by atoms with Crippen LogP contribution in [0.15, 0.2) is 39.2 Å². The summed E-state index contributed by atoms with van der Waals surface area (Å²) in [4.78, 5) is 13.3. The van der Waals surface area contributed by atoms with Crippen molar-refractivity contribution in [3.8, 4) is 34.1 Å². The molecule has 7 nitrogen and oxygen atoms in total. The molecule has 0 aliphatic carbocycles. The molecule has 0 spiro atoms. The average molecular weight is 424 g/mol. The van der Waals surface area contributed by atoms with Gasteiger partial charge in [-0.05, 0) is 45.9 Å². The van der Waals surface area contributed by atoms with Gasteiger partial charge in [0, 0.05) is 23.6 Å². The lowest BCUT2D eigenvalue weighted by atomic mass is 9.95. The highest BCUT2D eigenvalue weighted by Crippen LogP contribution is 2.43. The van der Waals surface area contributed by atoms with Crippen LogP contribution in [0, 0.1) is 0 Å². The third-order valence-electron chi connectivity index (χ3n) is 5.47. The van der Waals surface area contributed by atoms with Crippen molar-refractivity contribution in [1.29, 1.82) is 0 Å². The Labute approximate surface area is 178 Å². The van der Waals surface area contributed by atoms with E-state index >= 15 is 0 Å². The number of hydrogen-bond acceptors (Lipinski definition) is 7. The molecule has 0 bridgehead atoms. The van der Waals surface area contributed by atoms with Gasteiger partial charge in [0.1, 0.15) is 46.3 Å². The van der Waals surface area contributed by atoms with Crippen molar-refractivity contribution in [3.05, 3.63) is 51.4 Å². The van der Waals surface area contributed by atoms with Crippen molar-refractivity contribution in [2.24, 2.45) is 0 Å². The maximum absolute atomic E-state index is 13.3. The topological polar surface area (TPSA) is 120 Å². The third kappa shape index (κ3) is 3.41. The minimum absolute atomic E-state index is 0.0347. The molecule has 0 fully saturated rings. The van der Waals surface area contributed by atoms with Crippen LogP contribution in [0.25, 0.3) is 28.2 Å². The van der Waals surface area contributed by atoms with Crippen LogP contribution >= 0.6 is 0 Å². The second-order valence-corrected chi connectivity index (χ2v) is 8.63. The minimum atomic E-state index is -1.14. The molecule has 2 aromatic carbocycles. The highest BCUT2D eigenvalue weighted by molar-refractivity contribution is 5.91. The quantitative estimate of drug-likeness (QED) is 0.500. The molecule has 0 amide bonds. The van der Waals surface area contributed by atoms with Gasteiger partial charge < -0.3 is 29.6 Å². The van der Waals surface area contributed by atoms with Crippen LogP contribution in [0.2, 0.25) is 0 Å². The number of aromatic hydroxyl groups is 3. The monoisotopic (exact) mass is 424 g/mol. The fourth-order valence-electron chi connectivity index (χ4n) is 3.79. The predicted octanol–water partition coefficient (Wildman–Crippen LogP) is 4.07. The van der Waals surface area contributed by atoms with Crippen molar-refractivity contribution in [3.63, 3.8) is 0 Å². The van der Waals surface area contributed by atoms with Crippen molar-refractivity contribution in [1.82, 2.24) is 0 Å². The minimum Gasteiger partial charge on any atom is -0.507 e. The van der Waals surface area contributed by atoms with E-state index in [0.717, 1.165) is 5.57 Å². The van der Waals surface area contributed by atoms with E-state index in [1.54, 1.807) is 19.9 Å². The van der Waals surface area contributed by atoms with Gasteiger partial charge in [0.2, 0.25) is 5.43 Å². The Morgan fingerprint density at radius 2 is 1.84 bits per heavy atom. The van der Waals surface area contributed by atoms with E-state index in [9.17, 15) is 25.2 Å². The van der Waals surface area contributed by atoms with Gasteiger partial charge in [-0.25, -0.2) is 0 Å². The van der Waals surface area contributed by atoms with Crippen molar-refractivity contribution in [2.45, 2.75) is 45.8 Å². The van der Waals surface area contributed by atoms with Crippen molar-refractivity contribution < 1.29 is 29.6 Å². The lowest BCUT2D eigenvalue weighted by Gasteiger charge is -2.24. The molecular weight excluding hydrogens is 400 g/mol. The van der Waals surface area contributed by atoms with E-state index in [0.29, 0.717) is 11.3 Å². The SMILES string of the molecule is CC(C)=Cc1c(O)ccc(-c2coc3cc4c(c(O)c3c2=O)CC(C(C)(C)O)O4)c1O. The van der Waals surface area contributed by atoms with Crippen LogP contribution in [0.4, 0.5) is 0 Å². The predicted molar refractivity (Wildman–Crippen MR) is 117 cm³/mol. The van der Waals surface area contributed by atoms with Crippen molar-refractivity contribution in [2.75, 3.05) is 0 Å². The molecule has 2 heterocycles. The first-order valence-electron chi connectivity index (χ1n) is 9.88. The molecule has 1 aliphatic rings. The zero-order valence-corrected chi connectivity index (χ0v) is 17.7. The molecule has 0 saturated carbocycles. The van der Waals surface area contributed by atoms with Crippen LogP contribution in [0.1, 0.15) is 38.8 Å². The van der Waals surface area contributed by atoms with E-state index in [1.165, 1.54) is 24.5 Å². The standard InChI is InChI=1S/C24H24O7/c1-11(2)7-13-16(25)6-5-12(21(13)26)15-10-30-18-9-17-14(22(27)20(18)23(15)28)8-19(31-17)24(3,4)29/h5-7,9-10,19,25-27,29H,8H2,1-4H3. The van der Waals surface area contributed by atoms with Crippen LogP contribution in [0.3, 0.4) is 0 Å². The number of hydrogen-bond donors (Lipinski definition) is 4. The van der Waals surface area contributed by atoms with E-state index < -0.39 is 17.1 Å². The van der Waals surface area contributed by atoms with Crippen LogP contribution in [0.5, 0.6) is 23.0 Å². The second-order valence-electron chi connectivity index (χ2n) is 8.63. The Bertz CT molecular complexity index is 1290. The molecule has 0 radical (unpaired) electrons. The van der Waals surface area contributed by atoms with Gasteiger partial charge >= 0.3 is 0 Å². The summed E-state index contributed by atoms with van der Waals surface area (Å²) in [6.45, 7) is 6.86. The summed E-state index contributed by atoms with van der Waals surface area (Å²) in [6.07, 6.45) is 2.47. The normalized spacial score (nSPS) is 15.6. The number of fused-ring (bicyclic) bond motifs is 2. The van der Waals surface area contributed by atoms with Gasteiger partial charge in [-0.3, -0.25) is 4.79 Å². The molecule has 3 aromatic rings. The third-order valence-corrected chi connectivity index (χ3v) is 5.47. The number of rotatable bonds is 3. The largest absolute Gasteiger partial charge is 0.507 e. The van der Waals surface area contributed by atoms with Gasteiger partial charge in [-0.1, -0.05) is 5.57 Å². The first-order valence-corrected chi connectivity index (χ1v) is 9.88. The zero-order chi connectivity index (χ0) is 22.7. The first-order chi connectivity index (χ1) is 14.5. The summed E-state index contributed by atoms with van der Waals surface area (Å²) in [7, 11) is 0. The van der Waals surface area contributed by atoms with Gasteiger partial charge in [0.05, 0.1) is 16.7 Å². The maximum Gasteiger partial charge on any atom is 0.204 e. The Morgan fingerprint density at radius 3 is 2.48 bits per heavy atom. The summed E-state index contributed by atoms with van der Waals surface area (Å²) in [6, 6.07) is 4.33. The fraction of sp³-hybridized carbons (Fsp3) is 0.292. The number of aliphatic hydroxyl groups is 1. The summed E-state index contributed by atoms with van der Waals surface area (Å²) < 4.78 is 11.4. The van der Waals surface area contributed by atoms with Gasteiger partial charge in [0.25, 0.3) is 0 Å². The summed E-state index contributed by atoms with van der Waals surface area (Å²) >= 11 is 0. The van der Waals surface area contributed by atoms with E-state index in [4.69, 9.17) is 9.15 Å². The fourth-order valence-corrected chi connectivity index (χ4v) is 3.79. The van der Waals surface area contributed by atoms with Gasteiger partial charge in [-0.15, -0.1) is 0 Å². The van der Waals surface area contributed by atoms with Crippen LogP contribution in [-0.4, -0.2) is 32.1 Å². The summed E-state index contributed by atoms with van der Waals surface area (Å²) in [5.41, 5.74) is 0.137. The van der Waals surface area contributed by atoms with Crippen LogP contribution in [-0.2, 0) is 6.42 Å². The van der Waals surface area contributed by atoms with Gasteiger partial charge in [0.15, 0.2) is 0 Å². The molecule has 1 aromatic heterocycles. The van der Waals surface area contributed by atoms with E-state index in [-0.39, 0.29) is 51.3 Å². The molecule has 4 rings (SSSR count). The Kier molecular flexibility index (Phi) is 4.74. The van der Waals surface area contributed by atoms with Gasteiger partial charge in [-0.2, -0.15) is 0 Å². The lowest BCUT2D eigenvalue weighted by Crippen LogP contribution is -2.39. The van der Waals surface area contributed by atoms with E-state index in [1.807, 2.05) is 13.8 Å². The zero-order valence-electron chi connectivity index (χ0n) is 17.7. The lowest BCUT2D eigenvalue weighted by molar-refractivity contribution is -0.0229. The number of benzene rings is 2. The number of phenols is 3. The average Bonchev–Trinajstić information content (AvgIpc) is 3.11. The first kappa shape index (κ1) is 20.8. The molecule has 0 saturated heterocycles. The molecule has 1 atom stereocenters. The number of allylic oxidation sites excluding steroid dienone is 1. The highest BCUT2D eigenvalue weighted by Gasteiger charge is 2.37. The molecule has 4 N–H and O–H groups in total. The van der Waals surface area contributed by atoms with Crippen LogP contribution < -0.4 is 10.2 Å². The molecule has 162 valence electrons. The highest BCUT2D eigenvalue weighted by atomic mass is 16.5. The second kappa shape index (κ2) is 7.06. The van der Waals surface area contributed by atoms with Crippen molar-refractivity contribution >= 4 is 17.0 Å².